The highest BCUT2D eigenvalue weighted by Crippen LogP contribution is 2.26. The van der Waals surface area contributed by atoms with Crippen molar-refractivity contribution in [1.82, 2.24) is 4.72 Å². The summed E-state index contributed by atoms with van der Waals surface area (Å²) in [5.74, 6) is -1.98. The Morgan fingerprint density at radius 2 is 2.05 bits per heavy atom. The molecule has 0 atom stereocenters. The maximum Gasteiger partial charge on any atom is 0.244 e. The van der Waals surface area contributed by atoms with Crippen LogP contribution in [0.5, 0.6) is 0 Å². The Bertz CT molecular complexity index is 721. The zero-order chi connectivity index (χ0) is 14.9. The maximum atomic E-state index is 13.7. The third kappa shape index (κ3) is 3.25. The van der Waals surface area contributed by atoms with Gasteiger partial charge in [0.15, 0.2) is 0 Å². The number of nitrogens with one attached hydrogen (secondary N) is 1. The summed E-state index contributed by atoms with van der Waals surface area (Å²) >= 11 is 4.27. The van der Waals surface area contributed by atoms with E-state index in [0.29, 0.717) is 6.07 Å². The van der Waals surface area contributed by atoms with Gasteiger partial charge in [0.25, 0.3) is 0 Å². The van der Waals surface area contributed by atoms with Crippen LogP contribution in [0.4, 0.5) is 8.78 Å². The fourth-order valence-electron chi connectivity index (χ4n) is 1.60. The predicted octanol–water partition coefficient (Wildman–Crippen LogP) is 3.58. The van der Waals surface area contributed by atoms with Gasteiger partial charge in [-0.15, -0.1) is 11.3 Å². The van der Waals surface area contributed by atoms with E-state index >= 15 is 0 Å². The molecule has 8 heteroatoms. The first-order valence-electron chi connectivity index (χ1n) is 5.48. The molecule has 1 aromatic heterocycles. The Morgan fingerprint density at radius 3 is 2.60 bits per heavy atom. The van der Waals surface area contributed by atoms with Crippen LogP contribution in [0.25, 0.3) is 0 Å². The van der Waals surface area contributed by atoms with Crippen LogP contribution in [0, 0.1) is 18.6 Å². The van der Waals surface area contributed by atoms with Gasteiger partial charge in [0.05, 0.1) is 0 Å². The largest absolute Gasteiger partial charge is 0.244 e. The van der Waals surface area contributed by atoms with Crippen molar-refractivity contribution < 1.29 is 17.2 Å². The van der Waals surface area contributed by atoms with E-state index in [9.17, 15) is 17.2 Å². The molecular formula is C12H10BrF2NO2S2. The third-order valence-corrected chi connectivity index (χ3v) is 6.01. The van der Waals surface area contributed by atoms with Crippen LogP contribution < -0.4 is 4.72 Å². The van der Waals surface area contributed by atoms with Crippen molar-refractivity contribution in [1.29, 1.82) is 0 Å². The third-order valence-electron chi connectivity index (χ3n) is 2.62. The van der Waals surface area contributed by atoms with Crippen LogP contribution in [-0.2, 0) is 16.6 Å². The molecule has 1 N–H and O–H groups in total. The summed E-state index contributed by atoms with van der Waals surface area (Å²) in [5.41, 5.74) is 0.955. The number of halogens is 3. The monoisotopic (exact) mass is 381 g/mol. The lowest BCUT2D eigenvalue weighted by Gasteiger charge is -2.09. The first kappa shape index (κ1) is 15.6. The molecule has 1 heterocycles. The highest BCUT2D eigenvalue weighted by atomic mass is 79.9. The lowest BCUT2D eigenvalue weighted by atomic mass is 10.3. The van der Waals surface area contributed by atoms with E-state index in [0.717, 1.165) is 16.5 Å². The normalized spacial score (nSPS) is 11.8. The van der Waals surface area contributed by atoms with E-state index in [1.807, 2.05) is 18.4 Å². The van der Waals surface area contributed by atoms with Crippen LogP contribution in [0.3, 0.4) is 0 Å². The molecule has 2 aromatic rings. The van der Waals surface area contributed by atoms with Gasteiger partial charge >= 0.3 is 0 Å². The zero-order valence-electron chi connectivity index (χ0n) is 10.3. The quantitative estimate of drug-likeness (QED) is 0.879. The number of thiophene rings is 1. The second-order valence-electron chi connectivity index (χ2n) is 4.05. The predicted molar refractivity (Wildman–Crippen MR) is 77.1 cm³/mol. The van der Waals surface area contributed by atoms with Crippen LogP contribution in [-0.4, -0.2) is 8.42 Å². The van der Waals surface area contributed by atoms with Gasteiger partial charge in [-0.3, -0.25) is 0 Å². The number of rotatable bonds is 4. The molecule has 0 saturated carbocycles. The van der Waals surface area contributed by atoms with Crippen LogP contribution in [0.2, 0.25) is 0 Å². The van der Waals surface area contributed by atoms with Gasteiger partial charge in [-0.2, -0.15) is 0 Å². The number of sulfonamides is 1. The van der Waals surface area contributed by atoms with Gasteiger partial charge in [-0.25, -0.2) is 21.9 Å². The minimum absolute atomic E-state index is 0.0646. The minimum Gasteiger partial charge on any atom is -0.207 e. The molecule has 0 aliphatic heterocycles. The Labute approximate surface area is 127 Å². The van der Waals surface area contributed by atoms with Gasteiger partial charge in [0.2, 0.25) is 10.0 Å². The van der Waals surface area contributed by atoms with Gasteiger partial charge in [-0.1, -0.05) is 0 Å². The molecule has 3 nitrogen and oxygen atoms in total. The highest BCUT2D eigenvalue weighted by Gasteiger charge is 2.23. The van der Waals surface area contributed by atoms with Crippen LogP contribution in [0.1, 0.15) is 10.4 Å². The van der Waals surface area contributed by atoms with Gasteiger partial charge < -0.3 is 0 Å². The topological polar surface area (TPSA) is 46.2 Å². The van der Waals surface area contributed by atoms with E-state index in [1.165, 1.54) is 11.3 Å². The Balaban J connectivity index is 2.30. The second-order valence-corrected chi connectivity index (χ2v) is 7.61. The molecule has 2 rings (SSSR count). The molecule has 0 unspecified atom stereocenters. The molecule has 0 bridgehead atoms. The Morgan fingerprint density at radius 1 is 1.35 bits per heavy atom. The van der Waals surface area contributed by atoms with E-state index in [1.54, 1.807) is 0 Å². The first-order chi connectivity index (χ1) is 9.31. The summed E-state index contributed by atoms with van der Waals surface area (Å²) in [6.45, 7) is 1.92. The first-order valence-corrected chi connectivity index (χ1v) is 8.64. The van der Waals surface area contributed by atoms with Crippen molar-refractivity contribution in [2.24, 2.45) is 0 Å². The number of aryl methyl sites for hydroxylation is 1. The van der Waals surface area contributed by atoms with Crippen molar-refractivity contribution in [2.75, 3.05) is 0 Å². The summed E-state index contributed by atoms with van der Waals surface area (Å²) in [4.78, 5) is 0.250. The number of benzene rings is 1. The van der Waals surface area contributed by atoms with Crippen LogP contribution >= 0.6 is 27.3 Å². The second kappa shape index (κ2) is 5.88. The molecule has 1 aromatic carbocycles. The lowest BCUT2D eigenvalue weighted by Crippen LogP contribution is -2.24. The SMILES string of the molecule is Cc1ccsc1CNS(=O)(=O)c1c(F)cc(F)cc1Br. The number of hydrogen-bond acceptors (Lipinski definition) is 3. The van der Waals surface area contributed by atoms with Gasteiger partial charge in [0.1, 0.15) is 16.5 Å². The summed E-state index contributed by atoms with van der Waals surface area (Å²) in [7, 11) is -4.06. The molecule has 20 heavy (non-hydrogen) atoms. The van der Waals surface area contributed by atoms with E-state index in [-0.39, 0.29) is 11.0 Å². The van der Waals surface area contributed by atoms with Crippen molar-refractivity contribution in [3.8, 4) is 0 Å². The fraction of sp³-hybridized carbons (Fsp3) is 0.167. The van der Waals surface area contributed by atoms with Crippen molar-refractivity contribution >= 4 is 37.3 Å². The Kier molecular flexibility index (Phi) is 4.58. The maximum absolute atomic E-state index is 13.7. The molecule has 0 amide bonds. The summed E-state index contributed by atoms with van der Waals surface area (Å²) < 4.78 is 53.0. The molecule has 0 aliphatic carbocycles. The smallest absolute Gasteiger partial charge is 0.207 e. The van der Waals surface area contributed by atoms with Crippen molar-refractivity contribution in [3.05, 3.63) is 50.1 Å². The van der Waals surface area contributed by atoms with Crippen LogP contribution in [0.15, 0.2) is 32.9 Å². The van der Waals surface area contributed by atoms with Gasteiger partial charge in [0, 0.05) is 22.0 Å². The minimum atomic E-state index is -4.06. The van der Waals surface area contributed by atoms with Crippen molar-refractivity contribution in [2.45, 2.75) is 18.4 Å². The molecule has 0 aliphatic rings. The summed E-state index contributed by atoms with van der Waals surface area (Å²) in [6, 6.07) is 3.31. The van der Waals surface area contributed by atoms with E-state index in [2.05, 4.69) is 20.7 Å². The van der Waals surface area contributed by atoms with E-state index in [4.69, 9.17) is 0 Å². The van der Waals surface area contributed by atoms with Gasteiger partial charge in [-0.05, 0) is 45.9 Å². The average molecular weight is 382 g/mol. The molecule has 0 radical (unpaired) electrons. The molecule has 0 saturated heterocycles. The zero-order valence-corrected chi connectivity index (χ0v) is 13.5. The lowest BCUT2D eigenvalue weighted by molar-refractivity contribution is 0.540. The molecule has 0 fully saturated rings. The van der Waals surface area contributed by atoms with Crippen molar-refractivity contribution in [3.63, 3.8) is 0 Å². The molecule has 0 spiro atoms. The standard InChI is InChI=1S/C12H10BrF2NO2S2/c1-7-2-3-19-11(7)6-16-20(17,18)12-9(13)4-8(14)5-10(12)15/h2-5,16H,6H2,1H3. The van der Waals surface area contributed by atoms with E-state index < -0.39 is 26.6 Å². The molecular weight excluding hydrogens is 372 g/mol. The summed E-state index contributed by atoms with van der Waals surface area (Å²) in [6.07, 6.45) is 0. The highest BCUT2D eigenvalue weighted by molar-refractivity contribution is 9.10. The molecule has 108 valence electrons. The number of hydrogen-bond donors (Lipinski definition) is 1. The Hall–Kier alpha value is -0.830. The summed E-state index contributed by atoms with van der Waals surface area (Å²) in [5, 5.41) is 1.84. The fourth-order valence-corrected chi connectivity index (χ4v) is 4.70. The average Bonchev–Trinajstić information content (AvgIpc) is 2.70.